The molecular weight excluding hydrogens is 274 g/mol. The number of nitrogens with zero attached hydrogens (tertiary/aromatic N) is 1. The highest BCUT2D eigenvalue weighted by atomic mass is 16.6. The number of ketones is 1. The molecule has 1 aromatic rings. The van der Waals surface area contributed by atoms with Crippen molar-refractivity contribution in [2.45, 2.75) is 31.6 Å². The SMILES string of the molecule is COC(=O)C[C@H]1CCCC(=O)C1c1ccccc1[N+](=O)[O-]. The van der Waals surface area contributed by atoms with Crippen LogP contribution in [-0.4, -0.2) is 23.8 Å². The molecule has 0 N–H and O–H groups in total. The van der Waals surface area contributed by atoms with Gasteiger partial charge in [0.05, 0.1) is 18.0 Å². The topological polar surface area (TPSA) is 86.5 Å². The van der Waals surface area contributed by atoms with Crippen LogP contribution in [0.4, 0.5) is 5.69 Å². The monoisotopic (exact) mass is 291 g/mol. The van der Waals surface area contributed by atoms with Gasteiger partial charge in [-0.3, -0.25) is 19.7 Å². The zero-order chi connectivity index (χ0) is 15.4. The highest BCUT2D eigenvalue weighted by Crippen LogP contribution is 2.40. The highest BCUT2D eigenvalue weighted by molar-refractivity contribution is 5.88. The van der Waals surface area contributed by atoms with Crippen LogP contribution in [0.2, 0.25) is 0 Å². The molecule has 0 spiro atoms. The van der Waals surface area contributed by atoms with Gasteiger partial charge >= 0.3 is 5.97 Å². The second-order valence-corrected chi connectivity index (χ2v) is 5.19. The molecule has 0 saturated heterocycles. The van der Waals surface area contributed by atoms with Crippen LogP contribution in [0.15, 0.2) is 24.3 Å². The third kappa shape index (κ3) is 3.26. The van der Waals surface area contributed by atoms with E-state index in [1.807, 2.05) is 0 Å². The van der Waals surface area contributed by atoms with Crippen LogP contribution in [0.25, 0.3) is 0 Å². The van der Waals surface area contributed by atoms with Crippen molar-refractivity contribution >= 4 is 17.4 Å². The van der Waals surface area contributed by atoms with Gasteiger partial charge in [-0.2, -0.15) is 0 Å². The summed E-state index contributed by atoms with van der Waals surface area (Å²) in [7, 11) is 1.30. The standard InChI is InChI=1S/C15H17NO5/c1-21-14(18)9-10-5-4-8-13(17)15(10)11-6-2-3-7-12(11)16(19)20/h2-3,6-7,10,15H,4-5,8-9H2,1H3/t10-,15?/m1/s1. The molecule has 0 bridgehead atoms. The van der Waals surface area contributed by atoms with Gasteiger partial charge in [-0.25, -0.2) is 0 Å². The van der Waals surface area contributed by atoms with Crippen LogP contribution in [0.1, 0.15) is 37.2 Å². The smallest absolute Gasteiger partial charge is 0.305 e. The summed E-state index contributed by atoms with van der Waals surface area (Å²) in [4.78, 5) is 34.5. The zero-order valence-corrected chi connectivity index (χ0v) is 11.8. The van der Waals surface area contributed by atoms with Gasteiger partial charge in [-0.05, 0) is 18.8 Å². The molecular formula is C15H17NO5. The maximum Gasteiger partial charge on any atom is 0.305 e. The lowest BCUT2D eigenvalue weighted by molar-refractivity contribution is -0.385. The van der Waals surface area contributed by atoms with E-state index in [0.29, 0.717) is 24.8 Å². The second-order valence-electron chi connectivity index (χ2n) is 5.19. The van der Waals surface area contributed by atoms with Crippen molar-refractivity contribution in [2.24, 2.45) is 5.92 Å². The van der Waals surface area contributed by atoms with Crippen molar-refractivity contribution in [3.05, 3.63) is 39.9 Å². The Hall–Kier alpha value is -2.24. The number of rotatable bonds is 4. The molecule has 1 aliphatic rings. The normalized spacial score (nSPS) is 21.9. The summed E-state index contributed by atoms with van der Waals surface area (Å²) in [5.74, 6) is -1.26. The minimum atomic E-state index is -0.598. The number of benzene rings is 1. The van der Waals surface area contributed by atoms with Gasteiger partial charge < -0.3 is 4.74 Å². The molecule has 0 aromatic heterocycles. The summed E-state index contributed by atoms with van der Waals surface area (Å²) in [5, 5.41) is 11.2. The summed E-state index contributed by atoms with van der Waals surface area (Å²) in [6.07, 6.45) is 1.91. The molecule has 0 radical (unpaired) electrons. The number of hydrogen-bond donors (Lipinski definition) is 0. The Kier molecular flexibility index (Phi) is 4.67. The van der Waals surface area contributed by atoms with Crippen molar-refractivity contribution < 1.29 is 19.2 Å². The second kappa shape index (κ2) is 6.47. The number of Topliss-reactive ketones (excluding diaryl/α,β-unsaturated/α-hetero) is 1. The molecule has 1 saturated carbocycles. The molecule has 21 heavy (non-hydrogen) atoms. The predicted molar refractivity (Wildman–Crippen MR) is 74.8 cm³/mol. The summed E-state index contributed by atoms with van der Waals surface area (Å²) in [6.45, 7) is 0. The number of nitro benzene ring substituents is 1. The quantitative estimate of drug-likeness (QED) is 0.483. The molecule has 1 unspecified atom stereocenters. The first-order chi connectivity index (χ1) is 10.0. The van der Waals surface area contributed by atoms with E-state index in [1.54, 1.807) is 18.2 Å². The molecule has 1 aromatic carbocycles. The number of para-hydroxylation sites is 1. The molecule has 2 rings (SSSR count). The van der Waals surface area contributed by atoms with E-state index in [9.17, 15) is 19.7 Å². The minimum absolute atomic E-state index is 0.0375. The van der Waals surface area contributed by atoms with Crippen LogP contribution < -0.4 is 0 Å². The van der Waals surface area contributed by atoms with Crippen molar-refractivity contribution in [3.8, 4) is 0 Å². The third-order valence-corrected chi connectivity index (χ3v) is 3.94. The molecule has 1 aliphatic carbocycles. The zero-order valence-electron chi connectivity index (χ0n) is 11.8. The number of esters is 1. The summed E-state index contributed by atoms with van der Waals surface area (Å²) in [6, 6.07) is 6.26. The summed E-state index contributed by atoms with van der Waals surface area (Å²) < 4.78 is 4.67. The van der Waals surface area contributed by atoms with Crippen molar-refractivity contribution in [2.75, 3.05) is 7.11 Å². The van der Waals surface area contributed by atoms with Gasteiger partial charge in [0.25, 0.3) is 5.69 Å². The third-order valence-electron chi connectivity index (χ3n) is 3.94. The van der Waals surface area contributed by atoms with Gasteiger partial charge in [0, 0.05) is 24.5 Å². The lowest BCUT2D eigenvalue weighted by Gasteiger charge is -2.29. The molecule has 0 amide bonds. The number of methoxy groups -OCH3 is 1. The van der Waals surface area contributed by atoms with Crippen LogP contribution in [-0.2, 0) is 14.3 Å². The Morgan fingerprint density at radius 1 is 1.43 bits per heavy atom. The molecule has 6 nitrogen and oxygen atoms in total. The van der Waals surface area contributed by atoms with Gasteiger partial charge in [0.1, 0.15) is 5.78 Å². The Morgan fingerprint density at radius 3 is 2.81 bits per heavy atom. The Bertz CT molecular complexity index is 569. The van der Waals surface area contributed by atoms with E-state index >= 15 is 0 Å². The molecule has 2 atom stereocenters. The Morgan fingerprint density at radius 2 is 2.14 bits per heavy atom. The van der Waals surface area contributed by atoms with Crippen LogP contribution in [0, 0.1) is 16.0 Å². The number of ether oxygens (including phenoxy) is 1. The van der Waals surface area contributed by atoms with E-state index in [1.165, 1.54) is 13.2 Å². The largest absolute Gasteiger partial charge is 0.469 e. The fourth-order valence-corrected chi connectivity index (χ4v) is 2.99. The Labute approximate surface area is 122 Å². The van der Waals surface area contributed by atoms with Crippen molar-refractivity contribution in [1.82, 2.24) is 0 Å². The average molecular weight is 291 g/mol. The number of hydrogen-bond acceptors (Lipinski definition) is 5. The molecule has 1 fully saturated rings. The van der Waals surface area contributed by atoms with Crippen LogP contribution >= 0.6 is 0 Å². The van der Waals surface area contributed by atoms with Crippen molar-refractivity contribution in [3.63, 3.8) is 0 Å². The molecule has 6 heteroatoms. The molecule has 0 aliphatic heterocycles. The van der Waals surface area contributed by atoms with Gasteiger partial charge in [-0.1, -0.05) is 18.2 Å². The molecule has 112 valence electrons. The van der Waals surface area contributed by atoms with Crippen LogP contribution in [0.3, 0.4) is 0 Å². The van der Waals surface area contributed by atoms with Gasteiger partial charge in [0.2, 0.25) is 0 Å². The van der Waals surface area contributed by atoms with E-state index < -0.39 is 16.8 Å². The Balaban J connectivity index is 2.38. The van der Waals surface area contributed by atoms with E-state index in [0.717, 1.165) is 0 Å². The number of carbonyl (C=O) groups is 2. The first-order valence-corrected chi connectivity index (χ1v) is 6.87. The van der Waals surface area contributed by atoms with Crippen molar-refractivity contribution in [1.29, 1.82) is 0 Å². The van der Waals surface area contributed by atoms with E-state index in [2.05, 4.69) is 4.74 Å². The first kappa shape index (κ1) is 15.2. The van der Waals surface area contributed by atoms with E-state index in [-0.39, 0.29) is 23.8 Å². The fourth-order valence-electron chi connectivity index (χ4n) is 2.99. The lowest BCUT2D eigenvalue weighted by atomic mass is 9.73. The van der Waals surface area contributed by atoms with E-state index in [4.69, 9.17) is 0 Å². The number of carbonyl (C=O) groups excluding carboxylic acids is 2. The first-order valence-electron chi connectivity index (χ1n) is 6.87. The summed E-state index contributed by atoms with van der Waals surface area (Å²) in [5.41, 5.74) is 0.341. The number of nitro groups is 1. The maximum atomic E-state index is 12.3. The van der Waals surface area contributed by atoms with Gasteiger partial charge in [-0.15, -0.1) is 0 Å². The predicted octanol–water partition coefficient (Wildman–Crippen LogP) is 2.61. The van der Waals surface area contributed by atoms with Gasteiger partial charge in [0.15, 0.2) is 0 Å². The average Bonchev–Trinajstić information content (AvgIpc) is 2.47. The van der Waals surface area contributed by atoms with Crippen LogP contribution in [0.5, 0.6) is 0 Å². The minimum Gasteiger partial charge on any atom is -0.469 e. The summed E-state index contributed by atoms with van der Waals surface area (Å²) >= 11 is 0. The fraction of sp³-hybridized carbons (Fsp3) is 0.467. The maximum absolute atomic E-state index is 12.3. The molecule has 0 heterocycles. The lowest BCUT2D eigenvalue weighted by Crippen LogP contribution is -2.29. The highest BCUT2D eigenvalue weighted by Gasteiger charge is 2.37.